The van der Waals surface area contributed by atoms with E-state index in [1.165, 1.54) is 5.56 Å². The molecule has 0 atom stereocenters. The third-order valence-electron chi connectivity index (χ3n) is 2.53. The summed E-state index contributed by atoms with van der Waals surface area (Å²) in [5, 5.41) is 4.26. The summed E-state index contributed by atoms with van der Waals surface area (Å²) < 4.78 is 0. The lowest BCUT2D eigenvalue weighted by Gasteiger charge is -2.03. The first-order valence-electron chi connectivity index (χ1n) is 5.73. The zero-order chi connectivity index (χ0) is 13.8. The predicted molar refractivity (Wildman–Crippen MR) is 73.7 cm³/mol. The van der Waals surface area contributed by atoms with Gasteiger partial charge in [0.2, 0.25) is 5.91 Å². The topological polar surface area (TPSA) is 75.3 Å². The van der Waals surface area contributed by atoms with Crippen LogP contribution in [-0.4, -0.2) is 17.1 Å². The van der Waals surface area contributed by atoms with Gasteiger partial charge in [0, 0.05) is 11.8 Å². The molecule has 2 rings (SSSR count). The van der Waals surface area contributed by atoms with Crippen molar-refractivity contribution in [2.24, 2.45) is 0 Å². The lowest BCUT2D eigenvalue weighted by molar-refractivity contribution is -0.116. The molecular weight excluding hydrogens is 264 g/mol. The summed E-state index contributed by atoms with van der Waals surface area (Å²) in [7, 11) is 0. The minimum atomic E-state index is -0.536. The van der Waals surface area contributed by atoms with Gasteiger partial charge in [-0.25, -0.2) is 0 Å². The molecule has 19 heavy (non-hydrogen) atoms. The van der Waals surface area contributed by atoms with Crippen LogP contribution in [0.15, 0.2) is 35.2 Å². The van der Waals surface area contributed by atoms with E-state index in [1.807, 2.05) is 19.1 Å². The molecule has 1 saturated heterocycles. The van der Waals surface area contributed by atoms with Gasteiger partial charge >= 0.3 is 0 Å². The molecule has 3 amide bonds. The standard InChI is InChI=1S/C13H12N2O3S/c1-2-8-3-5-9(6-4-8)14-11(16)7-10-12(17)15-13(18)19-10/h3-7H,2H2,1H3,(H,14,16)(H,15,17,18)/b10-7-. The molecular formula is C13H12N2O3S. The summed E-state index contributed by atoms with van der Waals surface area (Å²) in [4.78, 5) is 34.0. The van der Waals surface area contributed by atoms with Gasteiger partial charge in [0.15, 0.2) is 0 Å². The molecule has 1 aliphatic rings. The molecule has 6 heteroatoms. The van der Waals surface area contributed by atoms with Crippen LogP contribution in [0.4, 0.5) is 10.5 Å². The molecule has 1 aromatic carbocycles. The van der Waals surface area contributed by atoms with Crippen LogP contribution in [0.25, 0.3) is 0 Å². The second kappa shape index (κ2) is 5.71. The number of carbonyl (C=O) groups is 3. The van der Waals surface area contributed by atoms with E-state index in [2.05, 4.69) is 10.6 Å². The normalized spacial score (nSPS) is 16.6. The molecule has 0 radical (unpaired) electrons. The van der Waals surface area contributed by atoms with Crippen molar-refractivity contribution in [1.82, 2.24) is 5.32 Å². The SMILES string of the molecule is CCc1ccc(NC(=O)/C=C2\SC(=O)NC2=O)cc1. The van der Waals surface area contributed by atoms with Crippen molar-refractivity contribution >= 4 is 34.5 Å². The average molecular weight is 276 g/mol. The summed E-state index contributed by atoms with van der Waals surface area (Å²) in [5.41, 5.74) is 1.82. The number of amides is 3. The highest BCUT2D eigenvalue weighted by Gasteiger charge is 2.25. The van der Waals surface area contributed by atoms with Gasteiger partial charge in [0.05, 0.1) is 4.91 Å². The number of rotatable bonds is 3. The minimum Gasteiger partial charge on any atom is -0.322 e. The van der Waals surface area contributed by atoms with E-state index < -0.39 is 17.1 Å². The number of nitrogens with one attached hydrogen (secondary N) is 2. The van der Waals surface area contributed by atoms with E-state index in [1.54, 1.807) is 12.1 Å². The van der Waals surface area contributed by atoms with E-state index >= 15 is 0 Å². The Kier molecular flexibility index (Phi) is 4.01. The first-order valence-corrected chi connectivity index (χ1v) is 6.55. The number of anilines is 1. The first kappa shape index (κ1) is 13.4. The summed E-state index contributed by atoms with van der Waals surface area (Å²) in [6, 6.07) is 7.43. The summed E-state index contributed by atoms with van der Waals surface area (Å²) in [6.07, 6.45) is 2.05. The van der Waals surface area contributed by atoms with E-state index in [0.29, 0.717) is 5.69 Å². The lowest BCUT2D eigenvalue weighted by atomic mass is 10.1. The third-order valence-corrected chi connectivity index (χ3v) is 3.34. The summed E-state index contributed by atoms with van der Waals surface area (Å²) >= 11 is 0.719. The Balaban J connectivity index is 2.03. The van der Waals surface area contributed by atoms with Gasteiger partial charge in [-0.15, -0.1) is 0 Å². The molecule has 1 aromatic rings. The van der Waals surface area contributed by atoms with E-state index in [9.17, 15) is 14.4 Å². The lowest BCUT2D eigenvalue weighted by Crippen LogP contribution is -2.18. The molecule has 2 N–H and O–H groups in total. The van der Waals surface area contributed by atoms with Crippen LogP contribution in [0.2, 0.25) is 0 Å². The summed E-state index contributed by atoms with van der Waals surface area (Å²) in [5.74, 6) is -0.969. The summed E-state index contributed by atoms with van der Waals surface area (Å²) in [6.45, 7) is 2.05. The highest BCUT2D eigenvalue weighted by atomic mass is 32.2. The number of thioether (sulfide) groups is 1. The van der Waals surface area contributed by atoms with Gasteiger partial charge in [0.1, 0.15) is 0 Å². The van der Waals surface area contributed by atoms with Crippen LogP contribution >= 0.6 is 11.8 Å². The van der Waals surface area contributed by atoms with Crippen LogP contribution in [-0.2, 0) is 16.0 Å². The van der Waals surface area contributed by atoms with E-state index in [0.717, 1.165) is 24.3 Å². The fraction of sp³-hybridized carbons (Fsp3) is 0.154. The number of aryl methyl sites for hydroxylation is 1. The number of benzene rings is 1. The fourth-order valence-electron chi connectivity index (χ4n) is 1.54. The van der Waals surface area contributed by atoms with E-state index in [-0.39, 0.29) is 4.91 Å². The number of hydrogen-bond donors (Lipinski definition) is 2. The average Bonchev–Trinajstić information content (AvgIpc) is 2.68. The van der Waals surface area contributed by atoms with Gasteiger partial charge in [-0.3, -0.25) is 19.7 Å². The molecule has 0 aliphatic carbocycles. The maximum atomic E-state index is 11.7. The fourth-order valence-corrected chi connectivity index (χ4v) is 2.20. The van der Waals surface area contributed by atoms with Gasteiger partial charge < -0.3 is 5.32 Å². The second-order valence-corrected chi connectivity index (χ2v) is 4.91. The molecule has 0 unspecified atom stereocenters. The third kappa shape index (κ3) is 3.45. The minimum absolute atomic E-state index is 0.104. The maximum absolute atomic E-state index is 11.7. The van der Waals surface area contributed by atoms with Gasteiger partial charge in [-0.2, -0.15) is 0 Å². The van der Waals surface area contributed by atoms with Crippen molar-refractivity contribution in [3.8, 4) is 0 Å². The van der Waals surface area contributed by atoms with Crippen LogP contribution in [0, 0.1) is 0 Å². The van der Waals surface area contributed by atoms with Gasteiger partial charge in [0.25, 0.3) is 11.1 Å². The molecule has 0 aromatic heterocycles. The van der Waals surface area contributed by atoms with Crippen molar-refractivity contribution in [3.63, 3.8) is 0 Å². The molecule has 5 nitrogen and oxygen atoms in total. The van der Waals surface area contributed by atoms with Gasteiger partial charge in [-0.05, 0) is 35.9 Å². The second-order valence-electron chi connectivity index (χ2n) is 3.89. The molecule has 0 bridgehead atoms. The number of hydrogen-bond acceptors (Lipinski definition) is 4. The number of imide groups is 1. The zero-order valence-corrected chi connectivity index (χ0v) is 11.0. The number of carbonyl (C=O) groups excluding carboxylic acids is 3. The Labute approximate surface area is 114 Å². The molecule has 1 heterocycles. The Bertz CT molecular complexity index is 564. The first-order chi connectivity index (χ1) is 9.08. The van der Waals surface area contributed by atoms with Crippen molar-refractivity contribution in [3.05, 3.63) is 40.8 Å². The van der Waals surface area contributed by atoms with Crippen molar-refractivity contribution in [2.75, 3.05) is 5.32 Å². The molecule has 1 aliphatic heterocycles. The Hall–Kier alpha value is -2.08. The molecule has 1 fully saturated rings. The van der Waals surface area contributed by atoms with Crippen LogP contribution in [0.1, 0.15) is 12.5 Å². The highest BCUT2D eigenvalue weighted by Crippen LogP contribution is 2.22. The molecule has 98 valence electrons. The quantitative estimate of drug-likeness (QED) is 0.829. The van der Waals surface area contributed by atoms with Crippen LogP contribution < -0.4 is 10.6 Å². The zero-order valence-electron chi connectivity index (χ0n) is 10.2. The van der Waals surface area contributed by atoms with Crippen LogP contribution in [0.5, 0.6) is 0 Å². The van der Waals surface area contributed by atoms with Crippen molar-refractivity contribution in [1.29, 1.82) is 0 Å². The maximum Gasteiger partial charge on any atom is 0.290 e. The Morgan fingerprint density at radius 2 is 2.00 bits per heavy atom. The van der Waals surface area contributed by atoms with Crippen molar-refractivity contribution in [2.45, 2.75) is 13.3 Å². The molecule has 0 saturated carbocycles. The Morgan fingerprint density at radius 1 is 1.32 bits per heavy atom. The smallest absolute Gasteiger partial charge is 0.290 e. The van der Waals surface area contributed by atoms with E-state index in [4.69, 9.17) is 0 Å². The van der Waals surface area contributed by atoms with Crippen LogP contribution in [0.3, 0.4) is 0 Å². The Morgan fingerprint density at radius 3 is 2.53 bits per heavy atom. The largest absolute Gasteiger partial charge is 0.322 e. The predicted octanol–water partition coefficient (Wildman–Crippen LogP) is 2.05. The highest BCUT2D eigenvalue weighted by molar-refractivity contribution is 8.18. The monoisotopic (exact) mass is 276 g/mol. The van der Waals surface area contributed by atoms with Gasteiger partial charge in [-0.1, -0.05) is 19.1 Å². The van der Waals surface area contributed by atoms with Crippen molar-refractivity contribution < 1.29 is 14.4 Å². The molecule has 0 spiro atoms.